The van der Waals surface area contributed by atoms with Crippen LogP contribution in [0.15, 0.2) is 24.3 Å². The predicted molar refractivity (Wildman–Crippen MR) is 41.5 cm³/mol. The molecule has 1 atom stereocenters. The van der Waals surface area contributed by atoms with E-state index in [2.05, 4.69) is 0 Å². The van der Waals surface area contributed by atoms with Gasteiger partial charge in [0.1, 0.15) is 5.82 Å². The topological polar surface area (TPSA) is 17.1 Å². The van der Waals surface area contributed by atoms with Crippen LogP contribution in [0.1, 0.15) is 10.4 Å². The molecule has 0 saturated carbocycles. The van der Waals surface area contributed by atoms with Crippen LogP contribution in [0.25, 0.3) is 0 Å². The second-order valence-electron chi connectivity index (χ2n) is 2.14. The van der Waals surface area contributed by atoms with Gasteiger partial charge in [0, 0.05) is 0 Å². The van der Waals surface area contributed by atoms with Crippen molar-refractivity contribution in [2.75, 3.05) is 0 Å². The minimum atomic E-state index is -2.18. The number of benzene rings is 1. The summed E-state index contributed by atoms with van der Waals surface area (Å²) in [6.45, 7) is 0. The summed E-state index contributed by atoms with van der Waals surface area (Å²) in [5.41, 5.74) is -2.50. The van der Waals surface area contributed by atoms with Gasteiger partial charge in [-0.25, -0.2) is 8.78 Å². The Kier molecular flexibility index (Phi) is 2.76. The van der Waals surface area contributed by atoms with Gasteiger partial charge in [-0.1, -0.05) is 23.7 Å². The molecule has 0 aliphatic heterocycles. The minimum Gasteiger partial charge on any atom is -0.289 e. The number of hydrogen-bond acceptors (Lipinski definition) is 1. The highest BCUT2D eigenvalue weighted by atomic mass is 35.5. The summed E-state index contributed by atoms with van der Waals surface area (Å²) in [5, 5.41) is 0. The van der Waals surface area contributed by atoms with Crippen molar-refractivity contribution in [1.29, 1.82) is 0 Å². The Morgan fingerprint density at radius 2 is 2.00 bits per heavy atom. The molecule has 0 aromatic heterocycles. The Balaban J connectivity index is 3.03. The Morgan fingerprint density at radius 1 is 1.42 bits per heavy atom. The number of carbonyl (C=O) groups is 1. The van der Waals surface area contributed by atoms with Gasteiger partial charge in [-0.05, 0) is 12.1 Å². The Labute approximate surface area is 73.0 Å². The van der Waals surface area contributed by atoms with Gasteiger partial charge in [0.2, 0.25) is 11.4 Å². The molecule has 1 nitrogen and oxygen atoms in total. The van der Waals surface area contributed by atoms with Crippen molar-refractivity contribution in [2.45, 2.75) is 5.63 Å². The van der Waals surface area contributed by atoms with E-state index in [1.54, 1.807) is 0 Å². The molecule has 0 fully saturated rings. The Hall–Kier alpha value is -0.960. The van der Waals surface area contributed by atoms with Crippen LogP contribution in [0.5, 0.6) is 0 Å². The molecule has 1 aromatic rings. The summed E-state index contributed by atoms with van der Waals surface area (Å²) in [6, 6.07) is 5.11. The molecule has 0 radical (unpaired) electrons. The van der Waals surface area contributed by atoms with E-state index in [0.29, 0.717) is 0 Å². The van der Waals surface area contributed by atoms with Crippen molar-refractivity contribution in [3.05, 3.63) is 35.6 Å². The van der Waals surface area contributed by atoms with Gasteiger partial charge >= 0.3 is 0 Å². The number of hydrogen-bond donors (Lipinski definition) is 0. The first-order chi connectivity index (χ1) is 5.63. The molecule has 0 aliphatic rings. The first-order valence-electron chi connectivity index (χ1n) is 3.20. The summed E-state index contributed by atoms with van der Waals surface area (Å²) < 4.78 is 25.0. The first kappa shape index (κ1) is 9.13. The van der Waals surface area contributed by atoms with Gasteiger partial charge in [0.25, 0.3) is 0 Å². The third-order valence-electron chi connectivity index (χ3n) is 1.34. The lowest BCUT2D eigenvalue weighted by Crippen LogP contribution is -2.10. The molecular weight excluding hydrogens is 186 g/mol. The van der Waals surface area contributed by atoms with Crippen LogP contribution in [-0.2, 0) is 0 Å². The lowest BCUT2D eigenvalue weighted by Gasteiger charge is -2.00. The highest BCUT2D eigenvalue weighted by molar-refractivity contribution is 6.32. The zero-order valence-corrected chi connectivity index (χ0v) is 6.68. The molecule has 12 heavy (non-hydrogen) atoms. The van der Waals surface area contributed by atoms with Crippen LogP contribution in [0.3, 0.4) is 0 Å². The number of Topliss-reactive ketones (excluding diaryl/α,β-unsaturated/α-hetero) is 1. The Bertz CT molecular complexity index is 299. The van der Waals surface area contributed by atoms with E-state index in [9.17, 15) is 13.6 Å². The number of carbonyl (C=O) groups excluding carboxylic acids is 1. The quantitative estimate of drug-likeness (QED) is 0.518. The van der Waals surface area contributed by atoms with Crippen LogP contribution in [0.4, 0.5) is 8.78 Å². The second-order valence-corrected chi connectivity index (χ2v) is 2.53. The molecule has 0 amide bonds. The average molecular weight is 191 g/mol. The zero-order valence-electron chi connectivity index (χ0n) is 5.93. The zero-order chi connectivity index (χ0) is 9.14. The highest BCUT2D eigenvalue weighted by Gasteiger charge is 2.18. The van der Waals surface area contributed by atoms with Crippen LogP contribution in [0, 0.1) is 5.82 Å². The molecular formula is C8H5ClF2O. The van der Waals surface area contributed by atoms with Crippen molar-refractivity contribution >= 4 is 17.4 Å². The van der Waals surface area contributed by atoms with E-state index in [1.165, 1.54) is 18.2 Å². The molecule has 0 saturated heterocycles. The van der Waals surface area contributed by atoms with E-state index in [4.69, 9.17) is 11.6 Å². The summed E-state index contributed by atoms with van der Waals surface area (Å²) in [6.07, 6.45) is 0. The van der Waals surface area contributed by atoms with Gasteiger partial charge in [-0.15, -0.1) is 0 Å². The van der Waals surface area contributed by atoms with E-state index in [-0.39, 0.29) is 5.56 Å². The fourth-order valence-electron chi connectivity index (χ4n) is 0.779. The van der Waals surface area contributed by atoms with Gasteiger partial charge in [-0.3, -0.25) is 4.79 Å². The van der Waals surface area contributed by atoms with E-state index in [0.717, 1.165) is 6.07 Å². The molecule has 4 heteroatoms. The van der Waals surface area contributed by atoms with Crippen molar-refractivity contribution in [1.82, 2.24) is 0 Å². The lowest BCUT2D eigenvalue weighted by molar-refractivity contribution is 0.0930. The number of ketones is 1. The fraction of sp³-hybridized carbons (Fsp3) is 0.125. The van der Waals surface area contributed by atoms with Gasteiger partial charge in [0.05, 0.1) is 5.56 Å². The summed E-state index contributed by atoms with van der Waals surface area (Å²) >= 11 is 4.85. The van der Waals surface area contributed by atoms with Gasteiger partial charge in [-0.2, -0.15) is 0 Å². The normalized spacial score (nSPS) is 12.6. The smallest absolute Gasteiger partial charge is 0.235 e. The lowest BCUT2D eigenvalue weighted by atomic mass is 10.1. The van der Waals surface area contributed by atoms with E-state index < -0.39 is 17.2 Å². The number of halogens is 3. The molecule has 1 aromatic carbocycles. The molecule has 0 spiro atoms. The molecule has 1 unspecified atom stereocenters. The summed E-state index contributed by atoms with van der Waals surface area (Å²) in [7, 11) is 0. The maximum atomic E-state index is 12.8. The third-order valence-corrected chi connectivity index (χ3v) is 1.54. The van der Waals surface area contributed by atoms with Crippen LogP contribution in [-0.4, -0.2) is 11.4 Å². The van der Waals surface area contributed by atoms with E-state index in [1.807, 2.05) is 0 Å². The van der Waals surface area contributed by atoms with Crippen LogP contribution < -0.4 is 0 Å². The molecule has 0 N–H and O–H groups in total. The van der Waals surface area contributed by atoms with Crippen molar-refractivity contribution in [3.63, 3.8) is 0 Å². The van der Waals surface area contributed by atoms with Crippen molar-refractivity contribution in [3.8, 4) is 0 Å². The predicted octanol–water partition coefficient (Wildman–Crippen LogP) is 2.54. The molecule has 64 valence electrons. The Morgan fingerprint density at radius 3 is 2.50 bits per heavy atom. The second kappa shape index (κ2) is 3.63. The monoisotopic (exact) mass is 190 g/mol. The standard InChI is InChI=1S/C8H5ClF2O/c9-8(11)7(12)5-3-1-2-4-6(5)10/h1-4,8H. The summed E-state index contributed by atoms with van der Waals surface area (Å²) in [4.78, 5) is 10.8. The largest absolute Gasteiger partial charge is 0.289 e. The number of rotatable bonds is 2. The SMILES string of the molecule is O=C(c1ccccc1F)C(F)Cl. The molecule has 0 bridgehead atoms. The van der Waals surface area contributed by atoms with Crippen LogP contribution >= 0.6 is 11.6 Å². The highest BCUT2D eigenvalue weighted by Crippen LogP contribution is 2.12. The average Bonchev–Trinajstić information content (AvgIpc) is 2.04. The maximum Gasteiger partial charge on any atom is 0.235 e. The first-order valence-corrected chi connectivity index (χ1v) is 3.63. The van der Waals surface area contributed by atoms with Crippen LogP contribution in [0.2, 0.25) is 0 Å². The fourth-order valence-corrected chi connectivity index (χ4v) is 0.896. The van der Waals surface area contributed by atoms with Crippen molar-refractivity contribution in [2.24, 2.45) is 0 Å². The molecule has 0 aliphatic carbocycles. The summed E-state index contributed by atoms with van der Waals surface area (Å²) in [5.74, 6) is -1.81. The minimum absolute atomic E-state index is 0.319. The van der Waals surface area contributed by atoms with E-state index >= 15 is 0 Å². The molecule has 1 rings (SSSR count). The third kappa shape index (κ3) is 1.80. The van der Waals surface area contributed by atoms with Crippen molar-refractivity contribution < 1.29 is 13.6 Å². The molecule has 0 heterocycles. The maximum absolute atomic E-state index is 12.8. The van der Waals surface area contributed by atoms with Gasteiger partial charge < -0.3 is 0 Å². The van der Waals surface area contributed by atoms with Gasteiger partial charge in [0.15, 0.2) is 0 Å². The number of alkyl halides is 2.